The third-order valence-electron chi connectivity index (χ3n) is 6.14. The normalized spacial score (nSPS) is 13.5. The van der Waals surface area contributed by atoms with Crippen LogP contribution in [-0.4, -0.2) is 30.7 Å². The van der Waals surface area contributed by atoms with E-state index in [2.05, 4.69) is 75.0 Å². The van der Waals surface area contributed by atoms with Gasteiger partial charge in [-0.1, -0.05) is 51.1 Å². The van der Waals surface area contributed by atoms with Crippen LogP contribution in [-0.2, 0) is 17.6 Å². The number of aromatic nitrogens is 1. The Morgan fingerprint density at radius 3 is 2.47 bits per heavy atom. The summed E-state index contributed by atoms with van der Waals surface area (Å²) in [6, 6.07) is 18.5. The lowest BCUT2D eigenvalue weighted by Crippen LogP contribution is -2.42. The molecule has 162 valence electrons. The van der Waals surface area contributed by atoms with E-state index in [1.165, 1.54) is 0 Å². The topological polar surface area (TPSA) is 43.6 Å². The third-order valence-corrected chi connectivity index (χ3v) is 10.6. The number of hydrogen-bond acceptors (Lipinski definition) is 3. The van der Waals surface area contributed by atoms with E-state index in [1.54, 1.807) is 0 Å². The van der Waals surface area contributed by atoms with Gasteiger partial charge in [-0.05, 0) is 54.4 Å². The van der Waals surface area contributed by atoms with Crippen LogP contribution in [0.2, 0.25) is 18.1 Å². The van der Waals surface area contributed by atoms with Crippen LogP contribution in [0.5, 0.6) is 5.75 Å². The van der Waals surface area contributed by atoms with Gasteiger partial charge in [0.1, 0.15) is 12.4 Å². The molecule has 0 aliphatic heterocycles. The molecule has 30 heavy (non-hydrogen) atoms. The van der Waals surface area contributed by atoms with Gasteiger partial charge in [-0.15, -0.1) is 0 Å². The minimum absolute atomic E-state index is 0.156. The Kier molecular flexibility index (Phi) is 7.06. The number of fused-ring (bicyclic) bond motifs is 1. The minimum Gasteiger partial charge on any atom is -0.489 e. The summed E-state index contributed by atoms with van der Waals surface area (Å²) in [4.78, 5) is 0. The second-order valence-electron chi connectivity index (χ2n) is 9.52. The van der Waals surface area contributed by atoms with Crippen molar-refractivity contribution in [2.75, 3.05) is 6.61 Å². The molecule has 3 rings (SSSR count). The fourth-order valence-corrected chi connectivity index (χ4v) is 4.14. The number of aliphatic hydroxyl groups excluding tert-OH is 1. The number of aryl methyl sites for hydroxylation is 1. The molecule has 0 aliphatic rings. The number of nitrogens with zero attached hydrogens (tertiary/aromatic N) is 1. The Hall–Kier alpha value is -2.08. The average molecular weight is 426 g/mol. The first-order valence-electron chi connectivity index (χ1n) is 10.7. The summed E-state index contributed by atoms with van der Waals surface area (Å²) in [7, 11) is -1.83. The molecule has 0 fully saturated rings. The average Bonchev–Trinajstić information content (AvgIpc) is 3.11. The highest BCUT2D eigenvalue weighted by Crippen LogP contribution is 2.36. The molecule has 1 unspecified atom stereocenters. The Morgan fingerprint density at radius 2 is 1.77 bits per heavy atom. The van der Waals surface area contributed by atoms with Gasteiger partial charge in [-0.2, -0.15) is 0 Å². The molecular formula is C25H35NO3Si. The van der Waals surface area contributed by atoms with E-state index in [4.69, 9.17) is 9.16 Å². The number of benzene rings is 2. The van der Waals surface area contributed by atoms with Crippen LogP contribution in [0.4, 0.5) is 0 Å². The first kappa shape index (κ1) is 22.6. The Balaban J connectivity index is 1.54. The molecule has 0 aliphatic carbocycles. The van der Waals surface area contributed by atoms with Crippen LogP contribution in [0.15, 0.2) is 60.8 Å². The molecule has 1 atom stereocenters. The van der Waals surface area contributed by atoms with Crippen LogP contribution >= 0.6 is 0 Å². The van der Waals surface area contributed by atoms with Gasteiger partial charge < -0.3 is 18.8 Å². The summed E-state index contributed by atoms with van der Waals surface area (Å²) in [5.41, 5.74) is 2.31. The summed E-state index contributed by atoms with van der Waals surface area (Å²) in [5, 5.41) is 11.7. The highest BCUT2D eigenvalue weighted by Gasteiger charge is 2.37. The van der Waals surface area contributed by atoms with Gasteiger partial charge in [-0.25, -0.2) is 0 Å². The zero-order chi connectivity index (χ0) is 21.8. The summed E-state index contributed by atoms with van der Waals surface area (Å²) in [6.45, 7) is 12.8. The van der Waals surface area contributed by atoms with Crippen molar-refractivity contribution in [1.29, 1.82) is 0 Å². The Morgan fingerprint density at radius 1 is 1.03 bits per heavy atom. The van der Waals surface area contributed by atoms with E-state index in [-0.39, 0.29) is 5.04 Å². The molecule has 0 amide bonds. The van der Waals surface area contributed by atoms with Crippen molar-refractivity contribution in [3.8, 4) is 5.75 Å². The number of rotatable bonds is 9. The Labute approximate surface area is 181 Å². The van der Waals surface area contributed by atoms with Gasteiger partial charge in [0, 0.05) is 23.6 Å². The molecule has 5 heteroatoms. The fraction of sp³-hybridized carbons (Fsp3) is 0.440. The zero-order valence-electron chi connectivity index (χ0n) is 18.9. The van der Waals surface area contributed by atoms with Crippen molar-refractivity contribution in [1.82, 2.24) is 4.57 Å². The largest absolute Gasteiger partial charge is 0.489 e. The third kappa shape index (κ3) is 5.75. The smallest absolute Gasteiger partial charge is 0.192 e. The maximum atomic E-state index is 10.4. The van der Waals surface area contributed by atoms with Crippen LogP contribution in [0.1, 0.15) is 32.8 Å². The zero-order valence-corrected chi connectivity index (χ0v) is 19.9. The van der Waals surface area contributed by atoms with E-state index >= 15 is 0 Å². The summed E-state index contributed by atoms with van der Waals surface area (Å²) in [6.07, 6.45) is 2.29. The molecule has 0 bridgehead atoms. The lowest BCUT2D eigenvalue weighted by atomic mass is 10.2. The number of ether oxygens (including phenoxy) is 1. The minimum atomic E-state index is -1.83. The van der Waals surface area contributed by atoms with Gasteiger partial charge in [0.2, 0.25) is 0 Å². The van der Waals surface area contributed by atoms with Crippen LogP contribution in [0.25, 0.3) is 10.9 Å². The number of hydrogen-bond donors (Lipinski definition) is 1. The molecule has 1 N–H and O–H groups in total. The first-order chi connectivity index (χ1) is 14.2. The van der Waals surface area contributed by atoms with Crippen molar-refractivity contribution >= 4 is 19.2 Å². The highest BCUT2D eigenvalue weighted by molar-refractivity contribution is 6.74. The van der Waals surface area contributed by atoms with Gasteiger partial charge >= 0.3 is 0 Å². The molecular weight excluding hydrogens is 390 g/mol. The molecule has 0 saturated heterocycles. The van der Waals surface area contributed by atoms with Crippen LogP contribution in [0, 0.1) is 0 Å². The van der Waals surface area contributed by atoms with E-state index in [0.29, 0.717) is 19.6 Å². The lowest BCUT2D eigenvalue weighted by molar-refractivity contribution is 0.0895. The SMILES string of the molecule is CC(C)(C)[Si](C)(C)OCC(O)CCn1ccc2cc(OCc3ccccc3)ccc21. The van der Waals surface area contributed by atoms with E-state index < -0.39 is 14.4 Å². The van der Waals surface area contributed by atoms with Crippen molar-refractivity contribution in [2.45, 2.75) is 64.6 Å². The summed E-state index contributed by atoms with van der Waals surface area (Å²) < 4.78 is 14.3. The standard InChI is InChI=1S/C25H35NO3Si/c1-25(2,3)30(4,5)29-19-22(27)14-16-26-15-13-21-17-23(11-12-24(21)26)28-18-20-9-7-6-8-10-20/h6-13,15,17,22,27H,14,16,18-19H2,1-5H3. The Bertz CT molecular complexity index is 944. The van der Waals surface area contributed by atoms with E-state index in [0.717, 1.165) is 28.8 Å². The predicted molar refractivity (Wildman–Crippen MR) is 126 cm³/mol. The molecule has 1 heterocycles. The highest BCUT2D eigenvalue weighted by atomic mass is 28.4. The summed E-state index contributed by atoms with van der Waals surface area (Å²) in [5.74, 6) is 0.868. The molecule has 0 spiro atoms. The lowest BCUT2D eigenvalue weighted by Gasteiger charge is -2.36. The molecule has 1 aromatic heterocycles. The summed E-state index contributed by atoms with van der Waals surface area (Å²) >= 11 is 0. The van der Waals surface area contributed by atoms with Crippen molar-refractivity contribution < 1.29 is 14.3 Å². The first-order valence-corrected chi connectivity index (χ1v) is 13.6. The monoisotopic (exact) mass is 425 g/mol. The molecule has 2 aromatic carbocycles. The van der Waals surface area contributed by atoms with Crippen LogP contribution in [0.3, 0.4) is 0 Å². The molecule has 0 radical (unpaired) electrons. The molecule has 3 aromatic rings. The number of aliphatic hydroxyl groups is 1. The second-order valence-corrected chi connectivity index (χ2v) is 14.3. The van der Waals surface area contributed by atoms with Crippen molar-refractivity contribution in [3.05, 3.63) is 66.4 Å². The van der Waals surface area contributed by atoms with Crippen molar-refractivity contribution in [2.24, 2.45) is 0 Å². The molecule has 4 nitrogen and oxygen atoms in total. The van der Waals surface area contributed by atoms with Crippen molar-refractivity contribution in [3.63, 3.8) is 0 Å². The van der Waals surface area contributed by atoms with Crippen LogP contribution < -0.4 is 4.74 Å². The molecule has 0 saturated carbocycles. The van der Waals surface area contributed by atoms with Gasteiger partial charge in [0.05, 0.1) is 12.7 Å². The maximum absolute atomic E-state index is 10.4. The van der Waals surface area contributed by atoms with Gasteiger partial charge in [0.25, 0.3) is 0 Å². The van der Waals surface area contributed by atoms with E-state index in [9.17, 15) is 5.11 Å². The maximum Gasteiger partial charge on any atom is 0.192 e. The van der Waals surface area contributed by atoms with Gasteiger partial charge in [-0.3, -0.25) is 0 Å². The van der Waals surface area contributed by atoms with E-state index in [1.807, 2.05) is 24.3 Å². The fourth-order valence-electron chi connectivity index (χ4n) is 3.10. The second kappa shape index (κ2) is 9.37. The quantitative estimate of drug-likeness (QED) is 0.428. The predicted octanol–water partition coefficient (Wildman–Crippen LogP) is 5.99. The van der Waals surface area contributed by atoms with Gasteiger partial charge in [0.15, 0.2) is 8.32 Å².